The van der Waals surface area contributed by atoms with Crippen molar-refractivity contribution in [3.05, 3.63) is 34.1 Å². The van der Waals surface area contributed by atoms with E-state index in [1.807, 2.05) is 11.8 Å². The van der Waals surface area contributed by atoms with Gasteiger partial charge < -0.3 is 5.32 Å². The van der Waals surface area contributed by atoms with Gasteiger partial charge in [-0.2, -0.15) is 0 Å². The molecule has 0 spiro atoms. The normalized spacial score (nSPS) is 22.2. The lowest BCUT2D eigenvalue weighted by atomic mass is 10.2. The summed E-state index contributed by atoms with van der Waals surface area (Å²) in [6.45, 7) is 0.998. The van der Waals surface area contributed by atoms with Crippen molar-refractivity contribution in [2.75, 3.05) is 12.3 Å². The van der Waals surface area contributed by atoms with Crippen LogP contribution in [0.3, 0.4) is 0 Å². The zero-order chi connectivity index (χ0) is 9.26. The van der Waals surface area contributed by atoms with E-state index in [-0.39, 0.29) is 11.2 Å². The molecule has 1 aliphatic rings. The Bertz CT molecular complexity index is 312. The Morgan fingerprint density at radius 1 is 1.54 bits per heavy atom. The molecular formula is C9H9BrFNS. The minimum Gasteiger partial charge on any atom is -0.301 e. The van der Waals surface area contributed by atoms with Gasteiger partial charge in [-0.25, -0.2) is 4.39 Å². The van der Waals surface area contributed by atoms with E-state index >= 15 is 0 Å². The van der Waals surface area contributed by atoms with E-state index in [4.69, 9.17) is 0 Å². The first-order chi connectivity index (χ1) is 6.27. The molecule has 0 radical (unpaired) electrons. The lowest BCUT2D eigenvalue weighted by molar-refractivity contribution is 0.622. The average molecular weight is 262 g/mol. The molecule has 1 nitrogen and oxygen atoms in total. The third kappa shape index (κ3) is 2.06. The molecule has 4 heteroatoms. The van der Waals surface area contributed by atoms with Crippen molar-refractivity contribution in [2.24, 2.45) is 0 Å². The van der Waals surface area contributed by atoms with Crippen LogP contribution in [-0.4, -0.2) is 12.3 Å². The van der Waals surface area contributed by atoms with Gasteiger partial charge in [0, 0.05) is 16.8 Å². The minimum atomic E-state index is -0.174. The highest BCUT2D eigenvalue weighted by atomic mass is 79.9. The summed E-state index contributed by atoms with van der Waals surface area (Å²) in [5.41, 5.74) is 1.00. The Morgan fingerprint density at radius 3 is 3.08 bits per heavy atom. The molecule has 1 aromatic rings. The number of benzene rings is 1. The van der Waals surface area contributed by atoms with Crippen LogP contribution >= 0.6 is 27.7 Å². The Kier molecular flexibility index (Phi) is 2.91. The highest BCUT2D eigenvalue weighted by Crippen LogP contribution is 2.34. The summed E-state index contributed by atoms with van der Waals surface area (Å²) in [5.74, 6) is 0.917. The predicted octanol–water partition coefficient (Wildman–Crippen LogP) is 2.92. The molecule has 0 aliphatic carbocycles. The standard InChI is InChI=1S/C9H9BrFNS/c10-8-2-1-6(11)5-7(8)9-12-3-4-13-9/h1-2,5,9,12H,3-4H2. The molecule has 1 saturated heterocycles. The van der Waals surface area contributed by atoms with Crippen LogP contribution in [0.2, 0.25) is 0 Å². The number of nitrogens with one attached hydrogen (secondary N) is 1. The van der Waals surface area contributed by atoms with Crippen LogP contribution in [-0.2, 0) is 0 Å². The summed E-state index contributed by atoms with van der Waals surface area (Å²) in [7, 11) is 0. The number of rotatable bonds is 1. The van der Waals surface area contributed by atoms with Crippen molar-refractivity contribution >= 4 is 27.7 Å². The number of hydrogen-bond acceptors (Lipinski definition) is 2. The first kappa shape index (κ1) is 9.49. The first-order valence-corrected chi connectivity index (χ1v) is 5.91. The van der Waals surface area contributed by atoms with Gasteiger partial charge in [0.2, 0.25) is 0 Å². The second-order valence-corrected chi connectivity index (χ2v) is 4.94. The van der Waals surface area contributed by atoms with E-state index < -0.39 is 0 Å². The fourth-order valence-electron chi connectivity index (χ4n) is 1.34. The number of halogens is 2. The lowest BCUT2D eigenvalue weighted by Crippen LogP contribution is -2.12. The molecule has 0 bridgehead atoms. The molecule has 1 aromatic carbocycles. The molecule has 1 unspecified atom stereocenters. The Hall–Kier alpha value is -0.0600. The zero-order valence-electron chi connectivity index (χ0n) is 6.89. The van der Waals surface area contributed by atoms with Gasteiger partial charge in [0.05, 0.1) is 5.37 Å². The SMILES string of the molecule is Fc1ccc(Br)c(C2NCCS2)c1. The van der Waals surface area contributed by atoms with E-state index in [1.165, 1.54) is 6.07 Å². The Labute approximate surface area is 89.2 Å². The summed E-state index contributed by atoms with van der Waals surface area (Å²) in [4.78, 5) is 0. The predicted molar refractivity (Wildman–Crippen MR) is 57.3 cm³/mol. The van der Waals surface area contributed by atoms with E-state index in [0.717, 1.165) is 22.3 Å². The highest BCUT2D eigenvalue weighted by Gasteiger charge is 2.19. The van der Waals surface area contributed by atoms with Gasteiger partial charge in [0.1, 0.15) is 5.82 Å². The van der Waals surface area contributed by atoms with Crippen molar-refractivity contribution in [3.8, 4) is 0 Å². The summed E-state index contributed by atoms with van der Waals surface area (Å²) < 4.78 is 13.9. The molecule has 1 atom stereocenters. The third-order valence-corrected chi connectivity index (χ3v) is 3.87. The molecule has 1 N–H and O–H groups in total. The molecule has 1 fully saturated rings. The third-order valence-electron chi connectivity index (χ3n) is 1.96. The average Bonchev–Trinajstić information content (AvgIpc) is 2.61. The van der Waals surface area contributed by atoms with Gasteiger partial charge in [0.25, 0.3) is 0 Å². The topological polar surface area (TPSA) is 12.0 Å². The zero-order valence-corrected chi connectivity index (χ0v) is 9.29. The summed E-state index contributed by atoms with van der Waals surface area (Å²) in [6.07, 6.45) is 0. The van der Waals surface area contributed by atoms with Gasteiger partial charge in [0.15, 0.2) is 0 Å². The molecule has 0 saturated carbocycles. The van der Waals surface area contributed by atoms with E-state index in [9.17, 15) is 4.39 Å². The van der Waals surface area contributed by atoms with E-state index in [1.54, 1.807) is 12.1 Å². The van der Waals surface area contributed by atoms with Gasteiger partial charge in [-0.3, -0.25) is 0 Å². The van der Waals surface area contributed by atoms with Crippen molar-refractivity contribution in [1.29, 1.82) is 0 Å². The molecule has 1 aliphatic heterocycles. The molecule has 0 aromatic heterocycles. The minimum absolute atomic E-state index is 0.174. The maximum absolute atomic E-state index is 12.9. The smallest absolute Gasteiger partial charge is 0.123 e. The van der Waals surface area contributed by atoms with Crippen LogP contribution in [0.1, 0.15) is 10.9 Å². The van der Waals surface area contributed by atoms with Crippen molar-refractivity contribution < 1.29 is 4.39 Å². The maximum atomic E-state index is 12.9. The van der Waals surface area contributed by atoms with Crippen LogP contribution in [0.25, 0.3) is 0 Å². The highest BCUT2D eigenvalue weighted by molar-refractivity contribution is 9.10. The summed E-state index contributed by atoms with van der Waals surface area (Å²) in [6, 6.07) is 4.80. The fourth-order valence-corrected chi connectivity index (χ4v) is 3.05. The van der Waals surface area contributed by atoms with Gasteiger partial charge >= 0.3 is 0 Å². The van der Waals surface area contributed by atoms with Gasteiger partial charge in [-0.15, -0.1) is 11.8 Å². The van der Waals surface area contributed by atoms with Crippen LogP contribution in [0, 0.1) is 5.82 Å². The van der Waals surface area contributed by atoms with Gasteiger partial charge in [-0.05, 0) is 23.8 Å². The van der Waals surface area contributed by atoms with Crippen LogP contribution in [0.15, 0.2) is 22.7 Å². The van der Waals surface area contributed by atoms with Crippen molar-refractivity contribution in [2.45, 2.75) is 5.37 Å². The van der Waals surface area contributed by atoms with Crippen molar-refractivity contribution in [1.82, 2.24) is 5.32 Å². The van der Waals surface area contributed by atoms with Gasteiger partial charge in [-0.1, -0.05) is 15.9 Å². The van der Waals surface area contributed by atoms with E-state index in [2.05, 4.69) is 21.2 Å². The quantitative estimate of drug-likeness (QED) is 0.835. The van der Waals surface area contributed by atoms with Crippen molar-refractivity contribution in [3.63, 3.8) is 0 Å². The Morgan fingerprint density at radius 2 is 2.38 bits per heavy atom. The number of thioether (sulfide) groups is 1. The van der Waals surface area contributed by atoms with Crippen LogP contribution in [0.5, 0.6) is 0 Å². The second kappa shape index (κ2) is 3.98. The largest absolute Gasteiger partial charge is 0.301 e. The second-order valence-electron chi connectivity index (χ2n) is 2.87. The van der Waals surface area contributed by atoms with Crippen LogP contribution < -0.4 is 5.32 Å². The fraction of sp³-hybridized carbons (Fsp3) is 0.333. The van der Waals surface area contributed by atoms with Crippen LogP contribution in [0.4, 0.5) is 4.39 Å². The molecular weight excluding hydrogens is 253 g/mol. The molecule has 13 heavy (non-hydrogen) atoms. The Balaban J connectivity index is 2.32. The lowest BCUT2D eigenvalue weighted by Gasteiger charge is -2.11. The molecule has 70 valence electrons. The summed E-state index contributed by atoms with van der Waals surface area (Å²) in [5, 5.41) is 3.55. The molecule has 1 heterocycles. The maximum Gasteiger partial charge on any atom is 0.123 e. The first-order valence-electron chi connectivity index (χ1n) is 4.07. The van der Waals surface area contributed by atoms with E-state index in [0.29, 0.717) is 0 Å². The monoisotopic (exact) mass is 261 g/mol. The molecule has 2 rings (SSSR count). The summed E-state index contributed by atoms with van der Waals surface area (Å²) >= 11 is 5.23. The molecule has 0 amide bonds. The number of hydrogen-bond donors (Lipinski definition) is 1.